The zero-order valence-corrected chi connectivity index (χ0v) is 21.8. The lowest BCUT2D eigenvalue weighted by Crippen LogP contribution is -2.47. The van der Waals surface area contributed by atoms with Crippen LogP contribution in [0.3, 0.4) is 0 Å². The number of amides is 1. The van der Waals surface area contributed by atoms with E-state index in [9.17, 15) is 18.0 Å². The largest absolute Gasteiger partial charge is 0.433 e. The Labute approximate surface area is 221 Å². The van der Waals surface area contributed by atoms with Crippen LogP contribution in [-0.2, 0) is 19.1 Å². The number of primary amides is 1. The summed E-state index contributed by atoms with van der Waals surface area (Å²) in [6.07, 6.45) is 3.85. The van der Waals surface area contributed by atoms with Gasteiger partial charge in [0.25, 0.3) is 0 Å². The van der Waals surface area contributed by atoms with Crippen LogP contribution >= 0.6 is 0 Å². The number of rotatable bonds is 9. The first-order chi connectivity index (χ1) is 18.1. The molecule has 0 aliphatic carbocycles. The topological polar surface area (TPSA) is 75.3 Å². The lowest BCUT2D eigenvalue weighted by atomic mass is 9.96. The first-order valence-corrected chi connectivity index (χ1v) is 12.9. The van der Waals surface area contributed by atoms with E-state index in [1.165, 1.54) is 12.3 Å². The molecule has 1 saturated heterocycles. The van der Waals surface area contributed by atoms with Gasteiger partial charge < -0.3 is 15.5 Å². The lowest BCUT2D eigenvalue weighted by molar-refractivity contribution is -0.141. The molecule has 3 aromatic rings. The number of hydrogen-bond donors (Lipinski definition) is 1. The SMILES string of the molecule is Cc1ccncc1CN(c1ccc(C(F)(F)F)nc1)C1CCN([C@H](C)CCc2ccccc2C(N)=O)CC1. The fourth-order valence-electron chi connectivity index (χ4n) is 5.16. The number of benzene rings is 1. The molecule has 0 bridgehead atoms. The molecule has 1 fully saturated rings. The molecule has 1 amide bonds. The van der Waals surface area contributed by atoms with Crippen molar-refractivity contribution in [2.75, 3.05) is 18.0 Å². The number of hydrogen-bond acceptors (Lipinski definition) is 5. The highest BCUT2D eigenvalue weighted by molar-refractivity contribution is 5.94. The van der Waals surface area contributed by atoms with Gasteiger partial charge in [-0.3, -0.25) is 9.78 Å². The molecule has 0 radical (unpaired) electrons. The highest BCUT2D eigenvalue weighted by atomic mass is 19.4. The lowest BCUT2D eigenvalue weighted by Gasteiger charge is -2.42. The Balaban J connectivity index is 1.44. The van der Waals surface area contributed by atoms with Crippen LogP contribution in [0, 0.1) is 6.92 Å². The smallest absolute Gasteiger partial charge is 0.366 e. The van der Waals surface area contributed by atoms with Crippen molar-refractivity contribution in [3.63, 3.8) is 0 Å². The van der Waals surface area contributed by atoms with Gasteiger partial charge in [-0.1, -0.05) is 18.2 Å². The first kappa shape index (κ1) is 27.6. The molecule has 2 N–H and O–H groups in total. The van der Waals surface area contributed by atoms with Crippen LogP contribution < -0.4 is 10.6 Å². The average molecular weight is 526 g/mol. The molecule has 3 heterocycles. The number of piperidine rings is 1. The number of likely N-dealkylation sites (tertiary alicyclic amines) is 1. The quantitative estimate of drug-likeness (QED) is 0.405. The Morgan fingerprint density at radius 1 is 1.11 bits per heavy atom. The third kappa shape index (κ3) is 6.69. The maximum atomic E-state index is 13.1. The number of aryl methyl sites for hydroxylation is 2. The van der Waals surface area contributed by atoms with Gasteiger partial charge in [-0.2, -0.15) is 13.2 Å². The Bertz CT molecular complexity index is 1220. The van der Waals surface area contributed by atoms with Crippen LogP contribution in [0.5, 0.6) is 0 Å². The van der Waals surface area contributed by atoms with Crippen molar-refractivity contribution >= 4 is 11.6 Å². The van der Waals surface area contributed by atoms with E-state index in [2.05, 4.69) is 26.7 Å². The summed E-state index contributed by atoms with van der Waals surface area (Å²) in [5.41, 5.74) is 8.99. The molecule has 0 saturated carbocycles. The predicted octanol–water partition coefficient (Wildman–Crippen LogP) is 5.40. The minimum atomic E-state index is -4.47. The van der Waals surface area contributed by atoms with Gasteiger partial charge in [0.1, 0.15) is 5.69 Å². The summed E-state index contributed by atoms with van der Waals surface area (Å²) >= 11 is 0. The molecular formula is C29H34F3N5O. The third-order valence-corrected chi connectivity index (χ3v) is 7.54. The Morgan fingerprint density at radius 2 is 1.84 bits per heavy atom. The second kappa shape index (κ2) is 11.9. The van der Waals surface area contributed by atoms with Crippen molar-refractivity contribution in [2.24, 2.45) is 5.73 Å². The van der Waals surface area contributed by atoms with Crippen LogP contribution in [-0.4, -0.2) is 45.9 Å². The Morgan fingerprint density at radius 3 is 2.47 bits per heavy atom. The summed E-state index contributed by atoms with van der Waals surface area (Å²) in [6.45, 7) is 6.52. The van der Waals surface area contributed by atoms with E-state index in [0.29, 0.717) is 23.8 Å². The van der Waals surface area contributed by atoms with Crippen LogP contribution in [0.25, 0.3) is 0 Å². The summed E-state index contributed by atoms with van der Waals surface area (Å²) < 4.78 is 39.3. The molecule has 0 spiro atoms. The molecule has 1 aliphatic heterocycles. The Kier molecular flexibility index (Phi) is 8.66. The molecule has 4 rings (SSSR count). The summed E-state index contributed by atoms with van der Waals surface area (Å²) in [5, 5.41) is 0. The predicted molar refractivity (Wildman–Crippen MR) is 142 cm³/mol. The number of alkyl halides is 3. The van der Waals surface area contributed by atoms with E-state index in [-0.39, 0.29) is 6.04 Å². The van der Waals surface area contributed by atoms with Gasteiger partial charge in [-0.05, 0) is 80.5 Å². The normalized spacial score (nSPS) is 15.8. The zero-order valence-electron chi connectivity index (χ0n) is 21.8. The van der Waals surface area contributed by atoms with Crippen molar-refractivity contribution in [1.29, 1.82) is 0 Å². The molecule has 0 unspecified atom stereocenters. The van der Waals surface area contributed by atoms with E-state index in [0.717, 1.165) is 61.5 Å². The van der Waals surface area contributed by atoms with E-state index in [1.54, 1.807) is 12.3 Å². The number of nitrogens with two attached hydrogens (primary N) is 1. The monoisotopic (exact) mass is 525 g/mol. The molecule has 6 nitrogen and oxygen atoms in total. The van der Waals surface area contributed by atoms with E-state index >= 15 is 0 Å². The number of carbonyl (C=O) groups is 1. The average Bonchev–Trinajstić information content (AvgIpc) is 2.91. The summed E-state index contributed by atoms with van der Waals surface area (Å²) in [4.78, 5) is 24.3. The molecule has 38 heavy (non-hydrogen) atoms. The fraction of sp³-hybridized carbons (Fsp3) is 0.414. The van der Waals surface area contributed by atoms with Gasteiger partial charge in [0.2, 0.25) is 5.91 Å². The van der Waals surface area contributed by atoms with Gasteiger partial charge in [0.15, 0.2) is 0 Å². The number of halogens is 3. The molecule has 1 atom stereocenters. The highest BCUT2D eigenvalue weighted by Gasteiger charge is 2.33. The summed E-state index contributed by atoms with van der Waals surface area (Å²) in [6, 6.07) is 12.5. The third-order valence-electron chi connectivity index (χ3n) is 7.54. The fourth-order valence-corrected chi connectivity index (χ4v) is 5.16. The maximum absolute atomic E-state index is 13.1. The molecule has 1 aromatic carbocycles. The zero-order chi connectivity index (χ0) is 27.3. The van der Waals surface area contributed by atoms with Crippen molar-refractivity contribution in [3.8, 4) is 0 Å². The van der Waals surface area contributed by atoms with Crippen molar-refractivity contribution < 1.29 is 18.0 Å². The number of aromatic nitrogens is 2. The van der Waals surface area contributed by atoms with Crippen LogP contribution in [0.15, 0.2) is 61.1 Å². The standard InChI is InChI=1S/C29H34F3N5O/c1-20-11-14-34-17-23(20)19-37(25-9-10-27(35-18-25)29(30,31)32)24-12-15-36(16-13-24)21(2)7-8-22-5-3-4-6-26(22)28(33)38/h3-6,9-11,14,17-18,21,24H,7-8,12-13,15-16,19H2,1-2H3,(H2,33,38)/t21-/m1/s1. The molecule has 202 valence electrons. The van der Waals surface area contributed by atoms with Crippen LogP contribution in [0.1, 0.15) is 58.9 Å². The molecule has 2 aromatic heterocycles. The van der Waals surface area contributed by atoms with E-state index < -0.39 is 17.8 Å². The summed E-state index contributed by atoms with van der Waals surface area (Å²) in [7, 11) is 0. The van der Waals surface area contributed by atoms with E-state index in [4.69, 9.17) is 5.73 Å². The highest BCUT2D eigenvalue weighted by Crippen LogP contribution is 2.31. The van der Waals surface area contributed by atoms with Crippen LogP contribution in [0.4, 0.5) is 18.9 Å². The second-order valence-electron chi connectivity index (χ2n) is 10.0. The summed E-state index contributed by atoms with van der Waals surface area (Å²) in [5.74, 6) is -0.407. The molecule has 9 heteroatoms. The minimum absolute atomic E-state index is 0.159. The second-order valence-corrected chi connectivity index (χ2v) is 10.0. The first-order valence-electron chi connectivity index (χ1n) is 12.9. The van der Waals surface area contributed by atoms with Gasteiger partial charge in [-0.15, -0.1) is 0 Å². The van der Waals surface area contributed by atoms with Gasteiger partial charge >= 0.3 is 6.18 Å². The molecular weight excluding hydrogens is 491 g/mol. The number of pyridine rings is 2. The number of anilines is 1. The van der Waals surface area contributed by atoms with Crippen LogP contribution in [0.2, 0.25) is 0 Å². The van der Waals surface area contributed by atoms with E-state index in [1.807, 2.05) is 37.4 Å². The van der Waals surface area contributed by atoms with Crippen molar-refractivity contribution in [1.82, 2.24) is 14.9 Å². The maximum Gasteiger partial charge on any atom is 0.433 e. The molecule has 1 aliphatic rings. The number of carbonyl (C=O) groups excluding carboxylic acids is 1. The van der Waals surface area contributed by atoms with Crippen molar-refractivity contribution in [2.45, 2.75) is 64.3 Å². The van der Waals surface area contributed by atoms with Gasteiger partial charge in [0, 0.05) is 49.7 Å². The number of nitrogens with zero attached hydrogens (tertiary/aromatic N) is 4. The van der Waals surface area contributed by atoms with Gasteiger partial charge in [-0.25, -0.2) is 4.98 Å². The minimum Gasteiger partial charge on any atom is -0.366 e. The van der Waals surface area contributed by atoms with Gasteiger partial charge in [0.05, 0.1) is 11.9 Å². The van der Waals surface area contributed by atoms with Crippen molar-refractivity contribution in [3.05, 3.63) is 89.0 Å². The Hall–Kier alpha value is -3.46.